The van der Waals surface area contributed by atoms with Gasteiger partial charge in [0.1, 0.15) is 5.82 Å². The Morgan fingerprint density at radius 1 is 1.28 bits per heavy atom. The summed E-state index contributed by atoms with van der Waals surface area (Å²) in [5.74, 6) is 1.55. The molecular weight excluding hydrogens is 225 g/mol. The van der Waals surface area contributed by atoms with Crippen molar-refractivity contribution in [2.24, 2.45) is 11.8 Å². The van der Waals surface area contributed by atoms with Crippen LogP contribution in [0.3, 0.4) is 0 Å². The van der Waals surface area contributed by atoms with E-state index >= 15 is 0 Å². The average molecular weight is 249 g/mol. The molecule has 0 amide bonds. The molecule has 0 aliphatic heterocycles. The Balaban J connectivity index is 1.95. The van der Waals surface area contributed by atoms with Gasteiger partial charge in [0.15, 0.2) is 0 Å². The predicted octanol–water partition coefficient (Wildman–Crippen LogP) is 3.78. The van der Waals surface area contributed by atoms with E-state index in [1.165, 1.54) is 31.2 Å². The lowest BCUT2D eigenvalue weighted by Crippen LogP contribution is -2.34. The molecule has 1 saturated carbocycles. The molecule has 18 heavy (non-hydrogen) atoms. The Morgan fingerprint density at radius 3 is 2.56 bits per heavy atom. The molecule has 1 aromatic carbocycles. The minimum absolute atomic E-state index is 0.147. The highest BCUT2D eigenvalue weighted by Gasteiger charge is 2.29. The molecule has 0 radical (unpaired) electrons. The highest BCUT2D eigenvalue weighted by Crippen LogP contribution is 2.35. The fraction of sp³-hybridized carbons (Fsp3) is 0.625. The Morgan fingerprint density at radius 2 is 2.00 bits per heavy atom. The van der Waals surface area contributed by atoms with Crippen LogP contribution in [0.4, 0.5) is 4.39 Å². The number of hydrogen-bond acceptors (Lipinski definition) is 1. The molecule has 0 spiro atoms. The summed E-state index contributed by atoms with van der Waals surface area (Å²) in [6.45, 7) is 2.29. The summed E-state index contributed by atoms with van der Waals surface area (Å²) < 4.78 is 12.9. The van der Waals surface area contributed by atoms with Crippen molar-refractivity contribution < 1.29 is 4.39 Å². The van der Waals surface area contributed by atoms with Crippen LogP contribution in [0, 0.1) is 17.7 Å². The minimum atomic E-state index is -0.147. The fourth-order valence-electron chi connectivity index (χ4n) is 3.23. The highest BCUT2D eigenvalue weighted by atomic mass is 19.1. The SMILES string of the molecule is CCC1CCC(C(Cc2ccc(F)cc2)NC)C1. The van der Waals surface area contributed by atoms with Crippen molar-refractivity contribution in [3.05, 3.63) is 35.6 Å². The van der Waals surface area contributed by atoms with Crippen molar-refractivity contribution in [2.75, 3.05) is 7.05 Å². The van der Waals surface area contributed by atoms with E-state index in [1.54, 1.807) is 12.1 Å². The van der Waals surface area contributed by atoms with Crippen molar-refractivity contribution in [1.29, 1.82) is 0 Å². The largest absolute Gasteiger partial charge is 0.316 e. The van der Waals surface area contributed by atoms with Gasteiger partial charge in [0.2, 0.25) is 0 Å². The minimum Gasteiger partial charge on any atom is -0.316 e. The summed E-state index contributed by atoms with van der Waals surface area (Å²) in [7, 11) is 2.05. The van der Waals surface area contributed by atoms with Crippen molar-refractivity contribution in [3.63, 3.8) is 0 Å². The van der Waals surface area contributed by atoms with Crippen molar-refractivity contribution in [2.45, 2.75) is 45.1 Å². The lowest BCUT2D eigenvalue weighted by atomic mass is 9.91. The summed E-state index contributed by atoms with van der Waals surface area (Å²) in [5.41, 5.74) is 1.23. The number of hydrogen-bond donors (Lipinski definition) is 1. The van der Waals surface area contributed by atoms with Crippen LogP contribution in [-0.2, 0) is 6.42 Å². The maximum Gasteiger partial charge on any atom is 0.123 e. The number of nitrogens with one attached hydrogen (secondary N) is 1. The van der Waals surface area contributed by atoms with Crippen molar-refractivity contribution in [3.8, 4) is 0 Å². The number of likely N-dealkylation sites (N-methyl/N-ethyl adjacent to an activating group) is 1. The second kappa shape index (κ2) is 6.33. The average Bonchev–Trinajstić information content (AvgIpc) is 2.87. The van der Waals surface area contributed by atoms with E-state index in [1.807, 2.05) is 19.2 Å². The molecule has 2 rings (SSSR count). The van der Waals surface area contributed by atoms with Gasteiger partial charge in [-0.1, -0.05) is 31.9 Å². The molecule has 0 heterocycles. The van der Waals surface area contributed by atoms with E-state index in [4.69, 9.17) is 0 Å². The Hall–Kier alpha value is -0.890. The normalized spacial score (nSPS) is 25.3. The third-order valence-electron chi connectivity index (χ3n) is 4.47. The molecule has 100 valence electrons. The first-order chi connectivity index (χ1) is 8.72. The number of benzene rings is 1. The van der Waals surface area contributed by atoms with Gasteiger partial charge in [-0.25, -0.2) is 4.39 Å². The summed E-state index contributed by atoms with van der Waals surface area (Å²) in [6.07, 6.45) is 6.39. The van der Waals surface area contributed by atoms with Crippen LogP contribution in [0.2, 0.25) is 0 Å². The van der Waals surface area contributed by atoms with Gasteiger partial charge >= 0.3 is 0 Å². The topological polar surface area (TPSA) is 12.0 Å². The third kappa shape index (κ3) is 3.32. The van der Waals surface area contributed by atoms with Gasteiger partial charge in [-0.2, -0.15) is 0 Å². The van der Waals surface area contributed by atoms with Crippen LogP contribution < -0.4 is 5.32 Å². The van der Waals surface area contributed by atoms with Crippen molar-refractivity contribution >= 4 is 0 Å². The van der Waals surface area contributed by atoms with E-state index in [0.29, 0.717) is 6.04 Å². The monoisotopic (exact) mass is 249 g/mol. The maximum absolute atomic E-state index is 12.9. The standard InChI is InChI=1S/C16H24FN/c1-3-12-4-7-14(10-12)16(18-2)11-13-5-8-15(17)9-6-13/h5-6,8-9,12,14,16,18H,3-4,7,10-11H2,1-2H3. The summed E-state index contributed by atoms with van der Waals surface area (Å²) >= 11 is 0. The molecule has 1 aliphatic carbocycles. The highest BCUT2D eigenvalue weighted by molar-refractivity contribution is 5.17. The Labute approximate surface area is 110 Å². The number of halogens is 1. The van der Waals surface area contributed by atoms with Crippen LogP contribution in [0.25, 0.3) is 0 Å². The van der Waals surface area contributed by atoms with Crippen LogP contribution in [-0.4, -0.2) is 13.1 Å². The first-order valence-electron chi connectivity index (χ1n) is 7.14. The van der Waals surface area contributed by atoms with E-state index in [0.717, 1.165) is 18.3 Å². The maximum atomic E-state index is 12.9. The van der Waals surface area contributed by atoms with Gasteiger partial charge in [-0.3, -0.25) is 0 Å². The lowest BCUT2D eigenvalue weighted by Gasteiger charge is -2.23. The first-order valence-corrected chi connectivity index (χ1v) is 7.14. The van der Waals surface area contributed by atoms with E-state index in [-0.39, 0.29) is 5.82 Å². The van der Waals surface area contributed by atoms with Crippen LogP contribution in [0.1, 0.15) is 38.2 Å². The van der Waals surface area contributed by atoms with E-state index in [2.05, 4.69) is 12.2 Å². The zero-order chi connectivity index (χ0) is 13.0. The predicted molar refractivity (Wildman–Crippen MR) is 74.1 cm³/mol. The zero-order valence-corrected chi connectivity index (χ0v) is 11.5. The van der Waals surface area contributed by atoms with Gasteiger partial charge in [-0.05, 0) is 55.8 Å². The summed E-state index contributed by atoms with van der Waals surface area (Å²) in [5, 5.41) is 3.46. The van der Waals surface area contributed by atoms with Gasteiger partial charge in [0.25, 0.3) is 0 Å². The summed E-state index contributed by atoms with van der Waals surface area (Å²) in [6, 6.07) is 7.47. The third-order valence-corrected chi connectivity index (χ3v) is 4.47. The quantitative estimate of drug-likeness (QED) is 0.837. The van der Waals surface area contributed by atoms with E-state index in [9.17, 15) is 4.39 Å². The van der Waals surface area contributed by atoms with Gasteiger partial charge in [0, 0.05) is 6.04 Å². The molecule has 0 bridgehead atoms. The van der Waals surface area contributed by atoms with Crippen molar-refractivity contribution in [1.82, 2.24) is 5.32 Å². The smallest absolute Gasteiger partial charge is 0.123 e. The molecule has 0 aromatic heterocycles. The fourth-order valence-corrected chi connectivity index (χ4v) is 3.23. The molecule has 1 N–H and O–H groups in total. The van der Waals surface area contributed by atoms with Crippen LogP contribution in [0.15, 0.2) is 24.3 Å². The molecule has 1 aliphatic rings. The molecule has 3 atom stereocenters. The Bertz CT molecular complexity index is 360. The molecule has 2 heteroatoms. The summed E-state index contributed by atoms with van der Waals surface area (Å²) in [4.78, 5) is 0. The molecule has 1 aromatic rings. The van der Waals surface area contributed by atoms with Gasteiger partial charge < -0.3 is 5.32 Å². The molecule has 0 saturated heterocycles. The second-order valence-corrected chi connectivity index (χ2v) is 5.57. The molecule has 1 fully saturated rings. The van der Waals surface area contributed by atoms with Gasteiger partial charge in [-0.15, -0.1) is 0 Å². The Kier molecular flexibility index (Phi) is 4.76. The van der Waals surface area contributed by atoms with Crippen LogP contribution >= 0.6 is 0 Å². The second-order valence-electron chi connectivity index (χ2n) is 5.57. The molecular formula is C16H24FN. The lowest BCUT2D eigenvalue weighted by molar-refractivity contribution is 0.361. The van der Waals surface area contributed by atoms with Crippen LogP contribution in [0.5, 0.6) is 0 Å². The van der Waals surface area contributed by atoms with Gasteiger partial charge in [0.05, 0.1) is 0 Å². The number of rotatable bonds is 5. The molecule has 3 unspecified atom stereocenters. The first kappa shape index (κ1) is 13.5. The zero-order valence-electron chi connectivity index (χ0n) is 11.5. The molecule has 1 nitrogen and oxygen atoms in total. The van der Waals surface area contributed by atoms with E-state index < -0.39 is 0 Å².